The second-order valence-electron chi connectivity index (χ2n) is 3.12. The summed E-state index contributed by atoms with van der Waals surface area (Å²) in [6, 6.07) is 0. The molecular formula is C8H12Si. The van der Waals surface area contributed by atoms with Gasteiger partial charge in [0.25, 0.3) is 0 Å². The fourth-order valence-electron chi connectivity index (χ4n) is 1.16. The van der Waals surface area contributed by atoms with Crippen molar-refractivity contribution in [3.05, 3.63) is 22.5 Å². The topological polar surface area (TPSA) is 0 Å². The van der Waals surface area contributed by atoms with Crippen molar-refractivity contribution in [3.63, 3.8) is 0 Å². The van der Waals surface area contributed by atoms with E-state index >= 15 is 0 Å². The summed E-state index contributed by atoms with van der Waals surface area (Å²) in [5, 5.41) is 0. The summed E-state index contributed by atoms with van der Waals surface area (Å²) >= 11 is 0. The average molecular weight is 136 g/mol. The summed E-state index contributed by atoms with van der Waals surface area (Å²) in [7, 11) is -1.24. The highest BCUT2D eigenvalue weighted by Gasteiger charge is 2.21. The zero-order valence-corrected chi connectivity index (χ0v) is 7.50. The molecule has 1 heteroatoms. The van der Waals surface area contributed by atoms with Gasteiger partial charge in [-0.2, -0.15) is 0 Å². The van der Waals surface area contributed by atoms with Gasteiger partial charge < -0.3 is 0 Å². The Morgan fingerprint density at radius 2 is 1.33 bits per heavy atom. The molecule has 0 spiro atoms. The lowest BCUT2D eigenvalue weighted by atomic mass is 10.2. The summed E-state index contributed by atoms with van der Waals surface area (Å²) in [6.45, 7) is 8.74. The Hall–Kier alpha value is -0.303. The third-order valence-electron chi connectivity index (χ3n) is 1.56. The summed E-state index contributed by atoms with van der Waals surface area (Å²) in [5.41, 5.74) is 9.52. The molecule has 0 bridgehead atoms. The molecule has 0 aromatic rings. The van der Waals surface area contributed by atoms with Crippen LogP contribution in [0.2, 0.25) is 13.1 Å². The van der Waals surface area contributed by atoms with E-state index in [1.807, 2.05) is 0 Å². The Morgan fingerprint density at radius 3 is 1.44 bits per heavy atom. The number of rotatable bonds is 0. The average Bonchev–Trinajstić information content (AvgIpc) is 1.79. The van der Waals surface area contributed by atoms with Crippen LogP contribution in [0.1, 0.15) is 13.8 Å². The lowest BCUT2D eigenvalue weighted by Crippen LogP contribution is -2.18. The largest absolute Gasteiger partial charge is 0.112 e. The van der Waals surface area contributed by atoms with Gasteiger partial charge in [-0.3, -0.25) is 0 Å². The molecule has 0 aromatic carbocycles. The van der Waals surface area contributed by atoms with E-state index in [9.17, 15) is 0 Å². The highest BCUT2D eigenvalue weighted by Crippen LogP contribution is 2.22. The Morgan fingerprint density at radius 1 is 1.00 bits per heavy atom. The number of hydrogen-bond donors (Lipinski definition) is 0. The Bertz CT molecular complexity index is 165. The minimum Gasteiger partial charge on any atom is -0.0616 e. The smallest absolute Gasteiger partial charge is 0.0616 e. The van der Waals surface area contributed by atoms with Crippen molar-refractivity contribution in [1.29, 1.82) is 0 Å². The SMILES string of the molecule is CC1=[C][Si](C)(C)[C]=C1C. The van der Waals surface area contributed by atoms with Crippen LogP contribution in [0.5, 0.6) is 0 Å². The molecule has 48 valence electrons. The van der Waals surface area contributed by atoms with Gasteiger partial charge in [0.05, 0.1) is 0 Å². The first-order valence-corrected chi connectivity index (χ1v) is 6.25. The quantitative estimate of drug-likeness (QED) is 0.448. The monoisotopic (exact) mass is 136 g/mol. The number of hydrogen-bond acceptors (Lipinski definition) is 0. The van der Waals surface area contributed by atoms with Crippen LogP contribution < -0.4 is 0 Å². The van der Waals surface area contributed by atoms with Gasteiger partial charge in [0, 0.05) is 0 Å². The summed E-state index contributed by atoms with van der Waals surface area (Å²) in [4.78, 5) is 0. The molecule has 0 atom stereocenters. The summed E-state index contributed by atoms with van der Waals surface area (Å²) in [5.74, 6) is 0. The van der Waals surface area contributed by atoms with E-state index in [0.717, 1.165) is 0 Å². The van der Waals surface area contributed by atoms with Crippen LogP contribution in [0, 0.1) is 11.4 Å². The fraction of sp³-hybridized carbons (Fsp3) is 0.500. The molecule has 2 radical (unpaired) electrons. The molecule has 0 N–H and O–H groups in total. The highest BCUT2D eigenvalue weighted by molar-refractivity contribution is 6.84. The maximum absolute atomic E-state index is 3.45. The summed E-state index contributed by atoms with van der Waals surface area (Å²) < 4.78 is 0. The van der Waals surface area contributed by atoms with Crippen LogP contribution in [-0.4, -0.2) is 8.07 Å². The first-order chi connectivity index (χ1) is 4.01. The van der Waals surface area contributed by atoms with E-state index < -0.39 is 8.07 Å². The summed E-state index contributed by atoms with van der Waals surface area (Å²) in [6.07, 6.45) is 0. The molecule has 0 saturated heterocycles. The maximum Gasteiger partial charge on any atom is 0.112 e. The van der Waals surface area contributed by atoms with E-state index in [1.54, 1.807) is 0 Å². The van der Waals surface area contributed by atoms with Gasteiger partial charge in [-0.25, -0.2) is 0 Å². The molecule has 1 heterocycles. The minimum absolute atomic E-state index is 1.24. The van der Waals surface area contributed by atoms with E-state index in [1.165, 1.54) is 11.1 Å². The van der Waals surface area contributed by atoms with E-state index in [4.69, 9.17) is 0 Å². The molecule has 0 nitrogen and oxygen atoms in total. The minimum atomic E-state index is -1.24. The molecule has 1 aliphatic rings. The lowest BCUT2D eigenvalue weighted by Gasteiger charge is -2.03. The van der Waals surface area contributed by atoms with Gasteiger partial charge in [0.1, 0.15) is 8.07 Å². The molecule has 9 heavy (non-hydrogen) atoms. The molecule has 0 saturated carbocycles. The van der Waals surface area contributed by atoms with Crippen LogP contribution in [0.25, 0.3) is 0 Å². The Labute approximate surface area is 58.3 Å². The van der Waals surface area contributed by atoms with Crippen molar-refractivity contribution in [1.82, 2.24) is 0 Å². The van der Waals surface area contributed by atoms with Crippen LogP contribution >= 0.6 is 0 Å². The molecule has 0 aliphatic carbocycles. The molecule has 1 rings (SSSR count). The second-order valence-corrected chi connectivity index (χ2v) is 6.88. The predicted molar refractivity (Wildman–Crippen MR) is 42.3 cm³/mol. The molecular weight excluding hydrogens is 124 g/mol. The van der Waals surface area contributed by atoms with Crippen molar-refractivity contribution in [2.45, 2.75) is 26.9 Å². The Kier molecular flexibility index (Phi) is 1.39. The first kappa shape index (κ1) is 6.81. The predicted octanol–water partition coefficient (Wildman–Crippen LogP) is 2.29. The highest BCUT2D eigenvalue weighted by atomic mass is 28.3. The van der Waals surface area contributed by atoms with Crippen LogP contribution in [0.3, 0.4) is 0 Å². The van der Waals surface area contributed by atoms with Gasteiger partial charge in [-0.15, -0.1) is 0 Å². The van der Waals surface area contributed by atoms with Crippen molar-refractivity contribution in [2.75, 3.05) is 0 Å². The van der Waals surface area contributed by atoms with Crippen molar-refractivity contribution < 1.29 is 0 Å². The lowest BCUT2D eigenvalue weighted by molar-refractivity contribution is 1.37. The van der Waals surface area contributed by atoms with E-state index in [-0.39, 0.29) is 0 Å². The van der Waals surface area contributed by atoms with E-state index in [0.29, 0.717) is 0 Å². The Balaban J connectivity index is 2.96. The van der Waals surface area contributed by atoms with Crippen LogP contribution in [-0.2, 0) is 0 Å². The third kappa shape index (κ3) is 1.33. The van der Waals surface area contributed by atoms with Crippen molar-refractivity contribution >= 4 is 8.07 Å². The standard InChI is InChI=1S/C8H12Si/c1-7-5-9(3,4)6-8(7)2/h1-4H3. The van der Waals surface area contributed by atoms with Gasteiger partial charge in [0.15, 0.2) is 0 Å². The first-order valence-electron chi connectivity index (χ1n) is 3.25. The molecule has 0 amide bonds. The van der Waals surface area contributed by atoms with Gasteiger partial charge in [-0.1, -0.05) is 24.5 Å². The maximum atomic E-state index is 3.45. The third-order valence-corrected chi connectivity index (χ3v) is 3.56. The van der Waals surface area contributed by atoms with Crippen LogP contribution in [0.15, 0.2) is 11.1 Å². The van der Waals surface area contributed by atoms with Crippen molar-refractivity contribution in [2.24, 2.45) is 0 Å². The van der Waals surface area contributed by atoms with Crippen molar-refractivity contribution in [3.8, 4) is 0 Å². The normalized spacial score (nSPS) is 23.6. The van der Waals surface area contributed by atoms with Gasteiger partial charge in [0.2, 0.25) is 0 Å². The molecule has 0 unspecified atom stereocenters. The van der Waals surface area contributed by atoms with Crippen LogP contribution in [0.4, 0.5) is 0 Å². The molecule has 0 fully saturated rings. The zero-order valence-electron chi connectivity index (χ0n) is 6.50. The second kappa shape index (κ2) is 1.84. The fourth-order valence-corrected chi connectivity index (χ4v) is 3.47. The molecule has 1 aliphatic heterocycles. The van der Waals surface area contributed by atoms with E-state index in [2.05, 4.69) is 38.3 Å². The molecule has 0 aromatic heterocycles. The van der Waals surface area contributed by atoms with Gasteiger partial charge in [-0.05, 0) is 25.0 Å². The zero-order chi connectivity index (χ0) is 7.07. The number of allylic oxidation sites excluding steroid dienone is 2. The van der Waals surface area contributed by atoms with Gasteiger partial charge >= 0.3 is 0 Å².